The molecule has 3 N–H and O–H groups in total. The van der Waals surface area contributed by atoms with E-state index in [1.807, 2.05) is 0 Å². The zero-order valence-electron chi connectivity index (χ0n) is 8.37. The Bertz CT molecular complexity index is 313. The standard InChI is InChI=1S/C10H15ClN2O/c1-7(12)10(2,14)5-8-3-4-13-6-9(8)11/h3-4,6-7,14H,5,12H2,1-2H3. The molecular weight excluding hydrogens is 200 g/mol. The van der Waals surface area contributed by atoms with Crippen LogP contribution in [0.15, 0.2) is 18.5 Å². The van der Waals surface area contributed by atoms with Gasteiger partial charge in [-0.2, -0.15) is 0 Å². The van der Waals surface area contributed by atoms with Crippen molar-refractivity contribution in [1.82, 2.24) is 4.98 Å². The summed E-state index contributed by atoms with van der Waals surface area (Å²) < 4.78 is 0. The Labute approximate surface area is 88.9 Å². The van der Waals surface area contributed by atoms with Crippen LogP contribution in [0.2, 0.25) is 5.02 Å². The Morgan fingerprint density at radius 3 is 2.86 bits per heavy atom. The van der Waals surface area contributed by atoms with E-state index in [0.717, 1.165) is 5.56 Å². The fraction of sp³-hybridized carbons (Fsp3) is 0.500. The largest absolute Gasteiger partial charge is 0.388 e. The first kappa shape index (κ1) is 11.4. The third-order valence-corrected chi connectivity index (χ3v) is 2.73. The molecule has 1 heterocycles. The number of nitrogens with zero attached hydrogens (tertiary/aromatic N) is 1. The van der Waals surface area contributed by atoms with Crippen molar-refractivity contribution < 1.29 is 5.11 Å². The number of pyridine rings is 1. The quantitative estimate of drug-likeness (QED) is 0.799. The second-order valence-electron chi connectivity index (χ2n) is 3.79. The molecule has 0 radical (unpaired) electrons. The van der Waals surface area contributed by atoms with E-state index >= 15 is 0 Å². The molecule has 1 aromatic rings. The van der Waals surface area contributed by atoms with Gasteiger partial charge in [0.25, 0.3) is 0 Å². The monoisotopic (exact) mass is 214 g/mol. The average molecular weight is 215 g/mol. The molecule has 4 heteroatoms. The van der Waals surface area contributed by atoms with Gasteiger partial charge >= 0.3 is 0 Å². The molecule has 1 rings (SSSR count). The molecule has 0 aliphatic rings. The maximum Gasteiger partial charge on any atom is 0.0807 e. The topological polar surface area (TPSA) is 59.1 Å². The second-order valence-corrected chi connectivity index (χ2v) is 4.20. The van der Waals surface area contributed by atoms with Crippen LogP contribution < -0.4 is 5.73 Å². The first-order valence-electron chi connectivity index (χ1n) is 4.50. The molecular formula is C10H15ClN2O. The number of halogens is 1. The minimum absolute atomic E-state index is 0.299. The lowest BCUT2D eigenvalue weighted by molar-refractivity contribution is 0.0389. The number of nitrogens with two attached hydrogens (primary N) is 1. The summed E-state index contributed by atoms with van der Waals surface area (Å²) in [5.41, 5.74) is 5.58. The smallest absolute Gasteiger partial charge is 0.0807 e. The normalized spacial score (nSPS) is 17.5. The minimum atomic E-state index is -0.939. The van der Waals surface area contributed by atoms with E-state index in [-0.39, 0.29) is 6.04 Å². The molecule has 0 aliphatic heterocycles. The summed E-state index contributed by atoms with van der Waals surface area (Å²) in [6.45, 7) is 3.48. The van der Waals surface area contributed by atoms with Gasteiger partial charge < -0.3 is 10.8 Å². The summed E-state index contributed by atoms with van der Waals surface area (Å²) in [6, 6.07) is 1.49. The molecule has 3 nitrogen and oxygen atoms in total. The molecule has 0 bridgehead atoms. The zero-order valence-corrected chi connectivity index (χ0v) is 9.12. The van der Waals surface area contributed by atoms with E-state index < -0.39 is 5.60 Å². The first-order chi connectivity index (χ1) is 6.43. The van der Waals surface area contributed by atoms with E-state index in [2.05, 4.69) is 4.98 Å². The van der Waals surface area contributed by atoms with Gasteiger partial charge in [0.1, 0.15) is 0 Å². The lowest BCUT2D eigenvalue weighted by Crippen LogP contribution is -2.45. The first-order valence-corrected chi connectivity index (χ1v) is 4.87. The van der Waals surface area contributed by atoms with Gasteiger partial charge in [0.05, 0.1) is 10.6 Å². The maximum absolute atomic E-state index is 9.97. The van der Waals surface area contributed by atoms with Crippen molar-refractivity contribution in [2.75, 3.05) is 0 Å². The molecule has 0 amide bonds. The Kier molecular flexibility index (Phi) is 3.48. The Morgan fingerprint density at radius 1 is 1.71 bits per heavy atom. The lowest BCUT2D eigenvalue weighted by atomic mass is 9.91. The predicted octanol–water partition coefficient (Wildman–Crippen LogP) is 1.38. The van der Waals surface area contributed by atoms with Gasteiger partial charge in [-0.3, -0.25) is 4.98 Å². The molecule has 0 fully saturated rings. The molecule has 0 spiro atoms. The van der Waals surface area contributed by atoms with Gasteiger partial charge in [0.2, 0.25) is 0 Å². The third-order valence-electron chi connectivity index (χ3n) is 2.39. The SMILES string of the molecule is CC(N)C(C)(O)Cc1ccncc1Cl. The van der Waals surface area contributed by atoms with Crippen LogP contribution in [0.25, 0.3) is 0 Å². The highest BCUT2D eigenvalue weighted by Gasteiger charge is 2.26. The molecule has 78 valence electrons. The number of rotatable bonds is 3. The maximum atomic E-state index is 9.97. The van der Waals surface area contributed by atoms with Crippen LogP contribution in [-0.4, -0.2) is 21.7 Å². The summed E-state index contributed by atoms with van der Waals surface area (Å²) in [4.78, 5) is 3.87. The van der Waals surface area contributed by atoms with Crippen molar-refractivity contribution in [2.24, 2.45) is 5.73 Å². The number of aliphatic hydroxyl groups is 1. The molecule has 0 aliphatic carbocycles. The van der Waals surface area contributed by atoms with E-state index in [9.17, 15) is 5.11 Å². The summed E-state index contributed by atoms with van der Waals surface area (Å²) in [5.74, 6) is 0. The number of aromatic nitrogens is 1. The highest BCUT2D eigenvalue weighted by Crippen LogP contribution is 2.21. The molecule has 2 unspecified atom stereocenters. The second kappa shape index (κ2) is 4.26. The van der Waals surface area contributed by atoms with Gasteiger partial charge in [-0.05, 0) is 25.5 Å². The highest BCUT2D eigenvalue weighted by atomic mass is 35.5. The van der Waals surface area contributed by atoms with Crippen LogP contribution in [0.3, 0.4) is 0 Å². The van der Waals surface area contributed by atoms with Crippen LogP contribution in [0, 0.1) is 0 Å². The van der Waals surface area contributed by atoms with E-state index in [1.54, 1.807) is 32.3 Å². The van der Waals surface area contributed by atoms with Crippen LogP contribution in [0.1, 0.15) is 19.4 Å². The van der Waals surface area contributed by atoms with Crippen LogP contribution in [0.5, 0.6) is 0 Å². The average Bonchev–Trinajstić information content (AvgIpc) is 2.08. The fourth-order valence-electron chi connectivity index (χ4n) is 1.09. The summed E-state index contributed by atoms with van der Waals surface area (Å²) in [6.07, 6.45) is 3.65. The number of hydrogen-bond donors (Lipinski definition) is 2. The Balaban J connectivity index is 2.84. The third kappa shape index (κ3) is 2.67. The summed E-state index contributed by atoms with van der Waals surface area (Å²) in [7, 11) is 0. The zero-order chi connectivity index (χ0) is 10.8. The van der Waals surface area contributed by atoms with Crippen molar-refractivity contribution in [3.63, 3.8) is 0 Å². The molecule has 2 atom stereocenters. The van der Waals surface area contributed by atoms with Gasteiger partial charge in [0.15, 0.2) is 0 Å². The van der Waals surface area contributed by atoms with Crippen molar-refractivity contribution in [1.29, 1.82) is 0 Å². The van der Waals surface area contributed by atoms with Crippen molar-refractivity contribution in [3.05, 3.63) is 29.0 Å². The van der Waals surface area contributed by atoms with Gasteiger partial charge in [-0.1, -0.05) is 11.6 Å². The summed E-state index contributed by atoms with van der Waals surface area (Å²) >= 11 is 5.92. The number of hydrogen-bond acceptors (Lipinski definition) is 3. The van der Waals surface area contributed by atoms with Crippen LogP contribution >= 0.6 is 11.6 Å². The molecule has 1 aromatic heterocycles. The Hall–Kier alpha value is -0.640. The van der Waals surface area contributed by atoms with Crippen LogP contribution in [0.4, 0.5) is 0 Å². The van der Waals surface area contributed by atoms with Gasteiger partial charge in [0, 0.05) is 24.9 Å². The highest BCUT2D eigenvalue weighted by molar-refractivity contribution is 6.31. The molecule has 0 aromatic carbocycles. The minimum Gasteiger partial charge on any atom is -0.388 e. The van der Waals surface area contributed by atoms with E-state index in [4.69, 9.17) is 17.3 Å². The van der Waals surface area contributed by atoms with Crippen molar-refractivity contribution >= 4 is 11.6 Å². The fourth-order valence-corrected chi connectivity index (χ4v) is 1.28. The van der Waals surface area contributed by atoms with Gasteiger partial charge in [-0.25, -0.2) is 0 Å². The van der Waals surface area contributed by atoms with Crippen molar-refractivity contribution in [2.45, 2.75) is 31.9 Å². The summed E-state index contributed by atoms with van der Waals surface area (Å²) in [5, 5.41) is 10.5. The molecule has 0 saturated heterocycles. The van der Waals surface area contributed by atoms with Crippen LogP contribution in [-0.2, 0) is 6.42 Å². The van der Waals surface area contributed by atoms with Gasteiger partial charge in [-0.15, -0.1) is 0 Å². The molecule has 0 saturated carbocycles. The van der Waals surface area contributed by atoms with E-state index in [1.165, 1.54) is 0 Å². The Morgan fingerprint density at radius 2 is 2.36 bits per heavy atom. The van der Waals surface area contributed by atoms with E-state index in [0.29, 0.717) is 11.4 Å². The molecule has 14 heavy (non-hydrogen) atoms. The predicted molar refractivity (Wildman–Crippen MR) is 57.2 cm³/mol. The van der Waals surface area contributed by atoms with Crippen molar-refractivity contribution in [3.8, 4) is 0 Å². The lowest BCUT2D eigenvalue weighted by Gasteiger charge is -2.27.